The molecule has 0 fully saturated rings. The Bertz CT molecular complexity index is 277. The number of benzene rings is 1. The average Bonchev–Trinajstić information content (AvgIpc) is 2.02. The second-order valence-electron chi connectivity index (χ2n) is 5.13. The van der Waals surface area contributed by atoms with E-state index < -0.39 is 10.0 Å². The maximum absolute atomic E-state index is 2.36. The molecule has 0 unspecified atom stereocenters. The third-order valence-corrected chi connectivity index (χ3v) is 3.45. The van der Waals surface area contributed by atoms with Crippen LogP contribution in [0.15, 0.2) is 24.3 Å². The van der Waals surface area contributed by atoms with Crippen molar-refractivity contribution in [2.45, 2.75) is 25.5 Å². The molecule has 1 heteroatoms. The van der Waals surface area contributed by atoms with E-state index in [1.54, 1.807) is 0 Å². The highest BCUT2D eigenvalue weighted by Gasteiger charge is 2.05. The molecule has 0 heterocycles. The zero-order valence-electron chi connectivity index (χ0n) is 10.0. The normalized spacial score (nSPS) is 13.3. The highest BCUT2D eigenvalue weighted by molar-refractivity contribution is 8.31. The quantitative estimate of drug-likeness (QED) is 0.707. The van der Waals surface area contributed by atoms with Crippen molar-refractivity contribution in [3.05, 3.63) is 35.4 Å². The van der Waals surface area contributed by atoms with Crippen LogP contribution in [0.2, 0.25) is 0 Å². The van der Waals surface area contributed by atoms with Gasteiger partial charge in [0.05, 0.1) is 0 Å². The molecule has 1 rings (SSSR count). The molecule has 0 saturated heterocycles. The van der Waals surface area contributed by atoms with Crippen LogP contribution in [0.4, 0.5) is 0 Å². The monoisotopic (exact) mass is 210 g/mol. The van der Waals surface area contributed by atoms with Gasteiger partial charge in [-0.2, -0.15) is 0 Å². The summed E-state index contributed by atoms with van der Waals surface area (Å²) in [7, 11) is -0.410. The highest BCUT2D eigenvalue weighted by atomic mass is 32.3. The van der Waals surface area contributed by atoms with Gasteiger partial charge in [0.25, 0.3) is 0 Å². The van der Waals surface area contributed by atoms with Crippen LogP contribution < -0.4 is 0 Å². The van der Waals surface area contributed by atoms with Crippen molar-refractivity contribution in [1.82, 2.24) is 0 Å². The van der Waals surface area contributed by atoms with Gasteiger partial charge in [0.15, 0.2) is 0 Å². The zero-order valence-corrected chi connectivity index (χ0v) is 10.8. The fraction of sp³-hybridized carbons (Fsp3) is 0.538. The van der Waals surface area contributed by atoms with Crippen molar-refractivity contribution < 1.29 is 0 Å². The zero-order chi connectivity index (χ0) is 10.8. The lowest BCUT2D eigenvalue weighted by atomic mass is 10.0. The summed E-state index contributed by atoms with van der Waals surface area (Å²) < 4.78 is 0. The second-order valence-corrected chi connectivity index (χ2v) is 9.60. The molecule has 0 amide bonds. The van der Waals surface area contributed by atoms with Crippen LogP contribution >= 0.6 is 10.0 Å². The molecular formula is C13H22S. The van der Waals surface area contributed by atoms with Crippen LogP contribution in [0, 0.1) is 0 Å². The van der Waals surface area contributed by atoms with Gasteiger partial charge in [-0.25, -0.2) is 10.0 Å². The van der Waals surface area contributed by atoms with Gasteiger partial charge in [0.1, 0.15) is 0 Å². The molecule has 0 atom stereocenters. The molecule has 14 heavy (non-hydrogen) atoms. The van der Waals surface area contributed by atoms with E-state index in [0.29, 0.717) is 5.92 Å². The first kappa shape index (κ1) is 11.6. The smallest absolute Gasteiger partial charge is 0.00177 e. The fourth-order valence-corrected chi connectivity index (χ4v) is 2.69. The maximum atomic E-state index is 2.36. The lowest BCUT2D eigenvalue weighted by Crippen LogP contribution is -1.97. The van der Waals surface area contributed by atoms with Crippen LogP contribution in [0.1, 0.15) is 30.9 Å². The van der Waals surface area contributed by atoms with Crippen molar-refractivity contribution in [3.8, 4) is 0 Å². The summed E-state index contributed by atoms with van der Waals surface area (Å²) in [5.41, 5.74) is 2.93. The molecule has 0 aromatic heterocycles. The van der Waals surface area contributed by atoms with E-state index in [9.17, 15) is 0 Å². The molecule has 0 saturated carbocycles. The average molecular weight is 210 g/mol. The van der Waals surface area contributed by atoms with E-state index in [4.69, 9.17) is 0 Å². The van der Waals surface area contributed by atoms with E-state index >= 15 is 0 Å². The van der Waals surface area contributed by atoms with Crippen molar-refractivity contribution in [2.75, 3.05) is 18.8 Å². The Morgan fingerprint density at radius 1 is 1.00 bits per heavy atom. The molecular weight excluding hydrogens is 188 g/mol. The SMILES string of the molecule is CC(C)c1ccc(CS(C)(C)C)cc1. The van der Waals surface area contributed by atoms with Gasteiger partial charge in [0, 0.05) is 5.75 Å². The molecule has 0 bridgehead atoms. The molecule has 0 radical (unpaired) electrons. The van der Waals surface area contributed by atoms with Gasteiger partial charge < -0.3 is 0 Å². The Morgan fingerprint density at radius 2 is 1.50 bits per heavy atom. The summed E-state index contributed by atoms with van der Waals surface area (Å²) in [5.74, 6) is 1.89. The van der Waals surface area contributed by atoms with Gasteiger partial charge in [-0.05, 0) is 35.8 Å². The van der Waals surface area contributed by atoms with E-state index in [2.05, 4.69) is 56.9 Å². The largest absolute Gasteiger partial charge is 0.246 e. The van der Waals surface area contributed by atoms with Crippen molar-refractivity contribution in [3.63, 3.8) is 0 Å². The summed E-state index contributed by atoms with van der Waals surface area (Å²) in [6.45, 7) is 4.48. The molecule has 0 nitrogen and oxygen atoms in total. The topological polar surface area (TPSA) is 0 Å². The van der Waals surface area contributed by atoms with Crippen LogP contribution in [-0.4, -0.2) is 18.8 Å². The summed E-state index contributed by atoms with van der Waals surface area (Å²) in [4.78, 5) is 0. The third-order valence-electron chi connectivity index (χ3n) is 2.25. The van der Waals surface area contributed by atoms with Gasteiger partial charge in [0.2, 0.25) is 0 Å². The molecule has 80 valence electrons. The summed E-state index contributed by atoms with van der Waals surface area (Å²) >= 11 is 0. The van der Waals surface area contributed by atoms with Crippen LogP contribution in [0.3, 0.4) is 0 Å². The van der Waals surface area contributed by atoms with Crippen molar-refractivity contribution >= 4 is 10.0 Å². The summed E-state index contributed by atoms with van der Waals surface area (Å²) in [5, 5.41) is 0. The van der Waals surface area contributed by atoms with Gasteiger partial charge >= 0.3 is 0 Å². The minimum atomic E-state index is -0.410. The van der Waals surface area contributed by atoms with E-state index in [1.165, 1.54) is 16.9 Å². The Hall–Kier alpha value is -0.430. The summed E-state index contributed by atoms with van der Waals surface area (Å²) in [6, 6.07) is 9.11. The van der Waals surface area contributed by atoms with Crippen LogP contribution in [-0.2, 0) is 5.75 Å². The van der Waals surface area contributed by atoms with Gasteiger partial charge in [-0.3, -0.25) is 0 Å². The standard InChI is InChI=1S/C13H22S/c1-11(2)13-8-6-12(7-9-13)10-14(3,4)5/h6-9,11H,10H2,1-5H3. The molecule has 1 aromatic carbocycles. The van der Waals surface area contributed by atoms with Gasteiger partial charge in [-0.15, -0.1) is 0 Å². The summed E-state index contributed by atoms with van der Waals surface area (Å²) in [6.07, 6.45) is 7.09. The third kappa shape index (κ3) is 3.75. The first-order valence-corrected chi connectivity index (χ1v) is 8.16. The molecule has 0 N–H and O–H groups in total. The molecule has 1 aromatic rings. The Morgan fingerprint density at radius 3 is 1.86 bits per heavy atom. The lowest BCUT2D eigenvalue weighted by molar-refractivity contribution is 0.866. The fourth-order valence-electron chi connectivity index (χ4n) is 1.50. The predicted molar refractivity (Wildman–Crippen MR) is 69.6 cm³/mol. The minimum absolute atomic E-state index is 0.410. The van der Waals surface area contributed by atoms with Crippen LogP contribution in [0.25, 0.3) is 0 Å². The van der Waals surface area contributed by atoms with Crippen molar-refractivity contribution in [2.24, 2.45) is 0 Å². The van der Waals surface area contributed by atoms with Gasteiger partial charge in [-0.1, -0.05) is 38.1 Å². The maximum Gasteiger partial charge on any atom is 0.00177 e. The van der Waals surface area contributed by atoms with E-state index in [0.717, 1.165) is 0 Å². The van der Waals surface area contributed by atoms with Crippen molar-refractivity contribution in [1.29, 1.82) is 0 Å². The predicted octanol–water partition coefficient (Wildman–Crippen LogP) is 4.00. The second kappa shape index (κ2) is 4.39. The Balaban J connectivity index is 2.74. The lowest BCUT2D eigenvalue weighted by Gasteiger charge is -2.25. The first-order valence-electron chi connectivity index (χ1n) is 5.13. The highest BCUT2D eigenvalue weighted by Crippen LogP contribution is 2.38. The molecule has 0 aliphatic carbocycles. The van der Waals surface area contributed by atoms with Crippen LogP contribution in [0.5, 0.6) is 0 Å². The number of hydrogen-bond donors (Lipinski definition) is 0. The Labute approximate surface area is 90.0 Å². The number of hydrogen-bond acceptors (Lipinski definition) is 0. The number of rotatable bonds is 3. The first-order chi connectivity index (χ1) is 6.38. The molecule has 0 aliphatic heterocycles. The minimum Gasteiger partial charge on any atom is -0.246 e. The molecule has 0 spiro atoms. The Kier molecular flexibility index (Phi) is 3.65. The molecule has 0 aliphatic rings. The van der Waals surface area contributed by atoms with E-state index in [-0.39, 0.29) is 0 Å². The van der Waals surface area contributed by atoms with E-state index in [1.807, 2.05) is 0 Å².